The summed E-state index contributed by atoms with van der Waals surface area (Å²) in [5.74, 6) is 0.496. The van der Waals surface area contributed by atoms with Crippen LogP contribution in [0.2, 0.25) is 5.02 Å². The van der Waals surface area contributed by atoms with E-state index < -0.39 is 10.1 Å². The first kappa shape index (κ1) is 17.0. The Morgan fingerprint density at radius 1 is 1.12 bits per heavy atom. The van der Waals surface area contributed by atoms with E-state index in [2.05, 4.69) is 20.9 Å². The quantitative estimate of drug-likeness (QED) is 0.575. The van der Waals surface area contributed by atoms with Crippen LogP contribution in [0.25, 0.3) is 10.9 Å². The predicted molar refractivity (Wildman–Crippen MR) is 95.3 cm³/mol. The highest BCUT2D eigenvalue weighted by molar-refractivity contribution is 9.10. The number of hydrogen-bond acceptors (Lipinski definition) is 5. The number of benzene rings is 2. The zero-order valence-electron chi connectivity index (χ0n) is 12.4. The molecule has 0 fully saturated rings. The Morgan fingerprint density at radius 3 is 2.67 bits per heavy atom. The second kappa shape index (κ2) is 6.58. The predicted octanol–water partition coefficient (Wildman–Crippen LogP) is 4.43. The molecule has 0 aliphatic heterocycles. The second-order valence-electron chi connectivity index (χ2n) is 4.78. The lowest BCUT2D eigenvalue weighted by atomic mass is 10.2. The third-order valence-corrected chi connectivity index (χ3v) is 5.51. The lowest BCUT2D eigenvalue weighted by Gasteiger charge is -2.11. The Kier molecular flexibility index (Phi) is 4.67. The molecule has 0 aliphatic rings. The minimum Gasteiger partial charge on any atom is -0.496 e. The van der Waals surface area contributed by atoms with Crippen LogP contribution in [0.4, 0.5) is 0 Å². The highest BCUT2D eigenvalue weighted by Crippen LogP contribution is 2.33. The van der Waals surface area contributed by atoms with Crippen LogP contribution in [0, 0.1) is 0 Å². The Morgan fingerprint density at radius 2 is 1.92 bits per heavy atom. The molecule has 3 aromatic rings. The molecule has 0 amide bonds. The summed E-state index contributed by atoms with van der Waals surface area (Å²) >= 11 is 9.39. The number of fused-ring (bicyclic) bond motifs is 1. The second-order valence-corrected chi connectivity index (χ2v) is 7.59. The largest absolute Gasteiger partial charge is 0.496 e. The number of halogens is 2. The van der Waals surface area contributed by atoms with Gasteiger partial charge in [0.2, 0.25) is 0 Å². The molecular formula is C16H11BrClNO4S. The standard InChI is InChI=1S/C16H11BrClNO4S/c1-22-15-9-10(4-5-12(15)17)24(20,21)23-14-7-6-13(18)11-3-2-8-19-16(11)14/h2-9H,1H3. The van der Waals surface area contributed by atoms with Crippen molar-refractivity contribution in [1.29, 1.82) is 0 Å². The van der Waals surface area contributed by atoms with Crippen molar-refractivity contribution in [3.63, 3.8) is 0 Å². The topological polar surface area (TPSA) is 65.5 Å². The van der Waals surface area contributed by atoms with Gasteiger partial charge in [0.15, 0.2) is 5.75 Å². The molecule has 0 bridgehead atoms. The van der Waals surface area contributed by atoms with E-state index in [0.717, 1.165) is 0 Å². The lowest BCUT2D eigenvalue weighted by molar-refractivity contribution is 0.410. The molecule has 1 aromatic heterocycles. The van der Waals surface area contributed by atoms with Gasteiger partial charge >= 0.3 is 10.1 Å². The van der Waals surface area contributed by atoms with E-state index in [9.17, 15) is 8.42 Å². The number of pyridine rings is 1. The van der Waals surface area contributed by atoms with Gasteiger partial charge < -0.3 is 8.92 Å². The zero-order valence-corrected chi connectivity index (χ0v) is 15.5. The van der Waals surface area contributed by atoms with Gasteiger partial charge in [-0.2, -0.15) is 8.42 Å². The maximum absolute atomic E-state index is 12.6. The van der Waals surface area contributed by atoms with E-state index in [4.69, 9.17) is 20.5 Å². The average molecular weight is 429 g/mol. The van der Waals surface area contributed by atoms with Gasteiger partial charge in [0.05, 0.1) is 16.6 Å². The van der Waals surface area contributed by atoms with E-state index in [0.29, 0.717) is 26.1 Å². The first-order valence-corrected chi connectivity index (χ1v) is 9.31. The van der Waals surface area contributed by atoms with E-state index in [1.54, 1.807) is 30.5 Å². The van der Waals surface area contributed by atoms with E-state index in [1.165, 1.54) is 25.3 Å². The molecule has 5 nitrogen and oxygen atoms in total. The maximum atomic E-state index is 12.6. The van der Waals surface area contributed by atoms with Crippen molar-refractivity contribution in [3.05, 3.63) is 58.2 Å². The highest BCUT2D eigenvalue weighted by Gasteiger charge is 2.20. The van der Waals surface area contributed by atoms with Gasteiger partial charge in [0.25, 0.3) is 0 Å². The van der Waals surface area contributed by atoms with Gasteiger partial charge in [0, 0.05) is 17.6 Å². The van der Waals surface area contributed by atoms with Crippen LogP contribution in [-0.2, 0) is 10.1 Å². The van der Waals surface area contributed by atoms with Crippen LogP contribution in [0.15, 0.2) is 58.0 Å². The van der Waals surface area contributed by atoms with Crippen LogP contribution in [-0.4, -0.2) is 20.5 Å². The number of ether oxygens (including phenoxy) is 1. The molecule has 3 rings (SSSR count). The van der Waals surface area contributed by atoms with Crippen molar-refractivity contribution >= 4 is 48.6 Å². The average Bonchev–Trinajstić information content (AvgIpc) is 2.58. The van der Waals surface area contributed by atoms with Gasteiger partial charge in [-0.25, -0.2) is 0 Å². The summed E-state index contributed by atoms with van der Waals surface area (Å²) in [5, 5.41) is 1.08. The highest BCUT2D eigenvalue weighted by atomic mass is 79.9. The maximum Gasteiger partial charge on any atom is 0.339 e. The molecule has 0 radical (unpaired) electrons. The fourth-order valence-corrected chi connectivity index (χ4v) is 3.72. The monoisotopic (exact) mass is 427 g/mol. The molecule has 0 saturated heterocycles. The van der Waals surface area contributed by atoms with Crippen molar-refractivity contribution in [2.45, 2.75) is 4.90 Å². The van der Waals surface area contributed by atoms with Crippen molar-refractivity contribution < 1.29 is 17.3 Å². The number of methoxy groups -OCH3 is 1. The number of nitrogens with zero attached hydrogens (tertiary/aromatic N) is 1. The Labute approximate surface area is 152 Å². The summed E-state index contributed by atoms with van der Waals surface area (Å²) in [4.78, 5) is 4.14. The Bertz CT molecular complexity index is 1020. The summed E-state index contributed by atoms with van der Waals surface area (Å²) in [6.45, 7) is 0. The lowest BCUT2D eigenvalue weighted by Crippen LogP contribution is -2.10. The van der Waals surface area contributed by atoms with Crippen molar-refractivity contribution in [2.24, 2.45) is 0 Å². The van der Waals surface area contributed by atoms with Crippen LogP contribution >= 0.6 is 27.5 Å². The van der Waals surface area contributed by atoms with Gasteiger partial charge in [-0.1, -0.05) is 11.6 Å². The fourth-order valence-electron chi connectivity index (χ4n) is 2.14. The zero-order chi connectivity index (χ0) is 17.3. The minimum atomic E-state index is -4.05. The minimum absolute atomic E-state index is 0.0263. The van der Waals surface area contributed by atoms with Crippen molar-refractivity contribution in [2.75, 3.05) is 7.11 Å². The van der Waals surface area contributed by atoms with Gasteiger partial charge in [-0.3, -0.25) is 4.98 Å². The third-order valence-electron chi connectivity index (χ3n) is 3.29. The number of hydrogen-bond donors (Lipinski definition) is 0. The summed E-state index contributed by atoms with van der Waals surface area (Å²) in [6.07, 6.45) is 1.54. The van der Waals surface area contributed by atoms with E-state index in [-0.39, 0.29) is 10.6 Å². The Hall–Kier alpha value is -1.83. The molecule has 1 heterocycles. The summed E-state index contributed by atoms with van der Waals surface area (Å²) in [7, 11) is -2.60. The molecule has 24 heavy (non-hydrogen) atoms. The van der Waals surface area contributed by atoms with Crippen molar-refractivity contribution in [3.8, 4) is 11.5 Å². The third kappa shape index (κ3) is 3.19. The van der Waals surface area contributed by atoms with Crippen LogP contribution in [0.3, 0.4) is 0 Å². The Balaban J connectivity index is 2.06. The number of aromatic nitrogens is 1. The van der Waals surface area contributed by atoms with Crippen LogP contribution in [0.5, 0.6) is 11.5 Å². The molecule has 0 saturated carbocycles. The van der Waals surface area contributed by atoms with Crippen LogP contribution < -0.4 is 8.92 Å². The van der Waals surface area contributed by atoms with Gasteiger partial charge in [0.1, 0.15) is 16.2 Å². The number of rotatable bonds is 4. The SMILES string of the molecule is COc1cc(S(=O)(=O)Oc2ccc(Cl)c3cccnc23)ccc1Br. The summed E-state index contributed by atoms with van der Waals surface area (Å²) in [6, 6.07) is 10.9. The molecule has 0 aliphatic carbocycles. The molecular weight excluding hydrogens is 418 g/mol. The van der Waals surface area contributed by atoms with Gasteiger partial charge in [-0.05, 0) is 52.3 Å². The van der Waals surface area contributed by atoms with E-state index in [1.807, 2.05) is 0 Å². The first-order valence-electron chi connectivity index (χ1n) is 6.73. The first-order chi connectivity index (χ1) is 11.4. The summed E-state index contributed by atoms with van der Waals surface area (Å²) in [5.41, 5.74) is 0.373. The molecule has 0 atom stereocenters. The molecule has 2 aromatic carbocycles. The molecule has 8 heteroatoms. The molecule has 0 N–H and O–H groups in total. The van der Waals surface area contributed by atoms with Crippen molar-refractivity contribution in [1.82, 2.24) is 4.98 Å². The van der Waals surface area contributed by atoms with E-state index >= 15 is 0 Å². The molecule has 0 unspecified atom stereocenters. The normalized spacial score (nSPS) is 11.5. The smallest absolute Gasteiger partial charge is 0.339 e. The summed E-state index contributed by atoms with van der Waals surface area (Å²) < 4.78 is 36.1. The molecule has 124 valence electrons. The fraction of sp³-hybridized carbons (Fsp3) is 0.0625. The molecule has 0 spiro atoms. The van der Waals surface area contributed by atoms with Gasteiger partial charge in [-0.15, -0.1) is 0 Å². The van der Waals surface area contributed by atoms with Crippen LogP contribution in [0.1, 0.15) is 0 Å².